The number of sulfonamides is 1. The third-order valence-electron chi connectivity index (χ3n) is 3.40. The summed E-state index contributed by atoms with van der Waals surface area (Å²) in [7, 11) is -3.27. The van der Waals surface area contributed by atoms with Gasteiger partial charge in [0.25, 0.3) is 0 Å². The summed E-state index contributed by atoms with van der Waals surface area (Å²) in [5.74, 6) is 0.834. The van der Waals surface area contributed by atoms with Crippen LogP contribution in [-0.4, -0.2) is 26.3 Å². The topological polar surface area (TPSA) is 80.3 Å². The van der Waals surface area contributed by atoms with Gasteiger partial charge in [-0.1, -0.05) is 12.1 Å². The van der Waals surface area contributed by atoms with Gasteiger partial charge in [-0.3, -0.25) is 4.72 Å². The Labute approximate surface area is 156 Å². The van der Waals surface area contributed by atoms with Crippen molar-refractivity contribution < 1.29 is 13.2 Å². The average molecular weight is 390 g/mol. The van der Waals surface area contributed by atoms with Crippen LogP contribution in [0.5, 0.6) is 5.75 Å². The Balaban J connectivity index is 1.69. The van der Waals surface area contributed by atoms with Crippen molar-refractivity contribution in [2.24, 2.45) is 0 Å². The van der Waals surface area contributed by atoms with Gasteiger partial charge in [-0.25, -0.2) is 13.4 Å². The number of hydrogen-bond donors (Lipinski definition) is 2. The van der Waals surface area contributed by atoms with Gasteiger partial charge < -0.3 is 10.1 Å². The molecule has 1 aromatic heterocycles. The summed E-state index contributed by atoms with van der Waals surface area (Å²) in [6.07, 6.45) is 1.13. The van der Waals surface area contributed by atoms with Crippen LogP contribution < -0.4 is 14.8 Å². The Morgan fingerprint density at radius 3 is 2.31 bits per heavy atom. The quantitative estimate of drug-likeness (QED) is 0.629. The summed E-state index contributed by atoms with van der Waals surface area (Å²) < 4.78 is 30.4. The maximum Gasteiger partial charge on any atom is 0.229 e. The average Bonchev–Trinajstić information content (AvgIpc) is 3.05. The van der Waals surface area contributed by atoms with Crippen molar-refractivity contribution in [2.45, 2.75) is 6.92 Å². The van der Waals surface area contributed by atoms with Crippen molar-refractivity contribution in [1.29, 1.82) is 0 Å². The molecule has 0 atom stereocenters. The van der Waals surface area contributed by atoms with Crippen LogP contribution in [0.15, 0.2) is 53.9 Å². The largest absolute Gasteiger partial charge is 0.494 e. The normalized spacial score (nSPS) is 11.2. The molecule has 26 heavy (non-hydrogen) atoms. The van der Waals surface area contributed by atoms with Crippen LogP contribution in [-0.2, 0) is 10.0 Å². The highest BCUT2D eigenvalue weighted by Gasteiger charge is 2.07. The smallest absolute Gasteiger partial charge is 0.229 e. The highest BCUT2D eigenvalue weighted by atomic mass is 32.2. The van der Waals surface area contributed by atoms with Gasteiger partial charge in [0.05, 0.1) is 18.6 Å². The maximum absolute atomic E-state index is 11.3. The molecule has 2 N–H and O–H groups in total. The predicted molar refractivity (Wildman–Crippen MR) is 107 cm³/mol. The zero-order valence-electron chi connectivity index (χ0n) is 14.4. The van der Waals surface area contributed by atoms with E-state index in [0.29, 0.717) is 12.3 Å². The van der Waals surface area contributed by atoms with Gasteiger partial charge >= 0.3 is 0 Å². The highest BCUT2D eigenvalue weighted by Crippen LogP contribution is 2.28. The molecule has 0 aliphatic carbocycles. The molecule has 0 bridgehead atoms. The van der Waals surface area contributed by atoms with Crippen molar-refractivity contribution in [3.05, 3.63) is 53.9 Å². The van der Waals surface area contributed by atoms with E-state index < -0.39 is 10.0 Å². The summed E-state index contributed by atoms with van der Waals surface area (Å²) in [5, 5.41) is 6.00. The molecule has 0 aliphatic rings. The number of rotatable bonds is 7. The fraction of sp³-hybridized carbons (Fsp3) is 0.167. The molecule has 0 radical (unpaired) electrons. The van der Waals surface area contributed by atoms with Crippen LogP contribution in [0.1, 0.15) is 6.92 Å². The van der Waals surface area contributed by atoms with E-state index in [2.05, 4.69) is 15.0 Å². The van der Waals surface area contributed by atoms with E-state index >= 15 is 0 Å². The van der Waals surface area contributed by atoms with Gasteiger partial charge in [0.15, 0.2) is 5.13 Å². The first-order valence-corrected chi connectivity index (χ1v) is 10.7. The second kappa shape index (κ2) is 7.76. The molecule has 0 fully saturated rings. The first-order valence-electron chi connectivity index (χ1n) is 7.96. The minimum absolute atomic E-state index is 0.527. The molecule has 6 nitrogen and oxygen atoms in total. The van der Waals surface area contributed by atoms with Crippen molar-refractivity contribution in [2.75, 3.05) is 22.9 Å². The predicted octanol–water partition coefficient (Wildman–Crippen LogP) is 4.32. The van der Waals surface area contributed by atoms with Gasteiger partial charge in [0, 0.05) is 22.3 Å². The minimum Gasteiger partial charge on any atom is -0.494 e. The third kappa shape index (κ3) is 4.96. The summed E-state index contributed by atoms with van der Waals surface area (Å²) in [6.45, 7) is 2.59. The van der Waals surface area contributed by atoms with E-state index in [4.69, 9.17) is 4.74 Å². The van der Waals surface area contributed by atoms with Crippen LogP contribution in [0.3, 0.4) is 0 Å². The van der Waals surface area contributed by atoms with Crippen molar-refractivity contribution in [1.82, 2.24) is 4.98 Å². The molecule has 0 amide bonds. The molecule has 0 unspecified atom stereocenters. The van der Waals surface area contributed by atoms with Gasteiger partial charge in [0.1, 0.15) is 5.75 Å². The van der Waals surface area contributed by atoms with Crippen molar-refractivity contribution >= 4 is 37.9 Å². The van der Waals surface area contributed by atoms with Gasteiger partial charge in [-0.2, -0.15) is 0 Å². The summed E-state index contributed by atoms with van der Waals surface area (Å²) >= 11 is 1.50. The fourth-order valence-corrected chi connectivity index (χ4v) is 3.62. The molecule has 1 heterocycles. The zero-order valence-corrected chi connectivity index (χ0v) is 16.0. The number of aromatic nitrogens is 1. The minimum atomic E-state index is -3.27. The first kappa shape index (κ1) is 18.2. The lowest BCUT2D eigenvalue weighted by molar-refractivity contribution is 0.340. The van der Waals surface area contributed by atoms with E-state index in [1.807, 2.05) is 48.7 Å². The third-order valence-corrected chi connectivity index (χ3v) is 4.77. The molecular formula is C18H19N3O3S2. The Morgan fingerprint density at radius 1 is 1.04 bits per heavy atom. The Morgan fingerprint density at radius 2 is 1.69 bits per heavy atom. The lowest BCUT2D eigenvalue weighted by atomic mass is 10.1. The van der Waals surface area contributed by atoms with E-state index in [1.165, 1.54) is 11.3 Å². The molecule has 8 heteroatoms. The number of anilines is 3. The van der Waals surface area contributed by atoms with Crippen molar-refractivity contribution in [3.63, 3.8) is 0 Å². The Bertz CT molecular complexity index is 966. The molecule has 136 valence electrons. The zero-order chi connectivity index (χ0) is 18.6. The van der Waals surface area contributed by atoms with Crippen LogP contribution in [0.4, 0.5) is 16.5 Å². The van der Waals surface area contributed by atoms with Gasteiger partial charge in [-0.15, -0.1) is 11.3 Å². The summed E-state index contributed by atoms with van der Waals surface area (Å²) in [6, 6.07) is 14.8. The maximum atomic E-state index is 11.3. The first-order chi connectivity index (χ1) is 12.4. The van der Waals surface area contributed by atoms with Gasteiger partial charge in [-0.05, 0) is 43.3 Å². The lowest BCUT2D eigenvalue weighted by Gasteiger charge is -2.05. The number of nitrogens with one attached hydrogen (secondary N) is 2. The fourth-order valence-electron chi connectivity index (χ4n) is 2.31. The van der Waals surface area contributed by atoms with Crippen LogP contribution in [0, 0.1) is 0 Å². The molecule has 3 rings (SSSR count). The molecule has 0 saturated heterocycles. The number of benzene rings is 2. The number of thiazole rings is 1. The molecule has 0 spiro atoms. The number of hydrogen-bond acceptors (Lipinski definition) is 6. The van der Waals surface area contributed by atoms with Crippen LogP contribution in [0.25, 0.3) is 11.3 Å². The van der Waals surface area contributed by atoms with Crippen molar-refractivity contribution in [3.8, 4) is 17.0 Å². The molecular weight excluding hydrogens is 370 g/mol. The second-order valence-corrected chi connectivity index (χ2v) is 8.18. The van der Waals surface area contributed by atoms with E-state index in [9.17, 15) is 8.42 Å². The summed E-state index contributed by atoms with van der Waals surface area (Å²) in [5.41, 5.74) is 3.20. The monoisotopic (exact) mass is 389 g/mol. The van der Waals surface area contributed by atoms with E-state index in [-0.39, 0.29) is 0 Å². The molecule has 0 aliphatic heterocycles. The second-order valence-electron chi connectivity index (χ2n) is 5.57. The highest BCUT2D eigenvalue weighted by molar-refractivity contribution is 7.92. The standard InChI is InChI=1S/C18H19N3O3S2/c1-3-24-16-10-8-14(9-11-16)19-18-20-17(12-25-18)13-4-6-15(7-5-13)21-26(2,22)23/h4-12,21H,3H2,1-2H3,(H,19,20). The van der Waals surface area contributed by atoms with Gasteiger partial charge in [0.2, 0.25) is 10.0 Å². The summed E-state index contributed by atoms with van der Waals surface area (Å²) in [4.78, 5) is 4.58. The number of ether oxygens (including phenoxy) is 1. The lowest BCUT2D eigenvalue weighted by Crippen LogP contribution is -2.09. The number of nitrogens with zero attached hydrogens (tertiary/aromatic N) is 1. The van der Waals surface area contributed by atoms with E-state index in [0.717, 1.165) is 34.1 Å². The van der Waals surface area contributed by atoms with E-state index in [1.54, 1.807) is 12.1 Å². The molecule has 3 aromatic rings. The molecule has 0 saturated carbocycles. The Kier molecular flexibility index (Phi) is 5.43. The van der Waals surface area contributed by atoms with Crippen LogP contribution >= 0.6 is 11.3 Å². The molecule has 2 aromatic carbocycles. The van der Waals surface area contributed by atoms with Crippen LogP contribution in [0.2, 0.25) is 0 Å². The SMILES string of the molecule is CCOc1ccc(Nc2nc(-c3ccc(NS(C)(=O)=O)cc3)cs2)cc1. The Hall–Kier alpha value is -2.58.